The number of benzene rings is 1. The van der Waals surface area contributed by atoms with Crippen LogP contribution in [0.4, 0.5) is 10.5 Å². The first-order chi connectivity index (χ1) is 7.66. The number of carbonyl (C=O) groups is 1. The molecule has 0 aliphatic heterocycles. The van der Waals surface area contributed by atoms with E-state index in [9.17, 15) is 4.79 Å². The lowest BCUT2D eigenvalue weighted by Crippen LogP contribution is -2.27. The molecule has 0 heterocycles. The zero-order valence-corrected chi connectivity index (χ0v) is 10.3. The third kappa shape index (κ3) is 3.42. The minimum Gasteiger partial charge on any atom is -0.449 e. The smallest absolute Gasteiger partial charge is 0.414 e. The molecule has 0 atom stereocenters. The Morgan fingerprint density at radius 2 is 2.12 bits per heavy atom. The summed E-state index contributed by atoms with van der Waals surface area (Å²) in [6.07, 6.45) is 1.51. The Labute approximate surface area is 101 Å². The summed E-state index contributed by atoms with van der Waals surface area (Å²) in [7, 11) is 1.65. The largest absolute Gasteiger partial charge is 0.449 e. The van der Waals surface area contributed by atoms with E-state index in [1.54, 1.807) is 19.2 Å². The van der Waals surface area contributed by atoms with Crippen LogP contribution in [0.3, 0.4) is 0 Å². The first kappa shape index (κ1) is 12.8. The van der Waals surface area contributed by atoms with Crippen molar-refractivity contribution >= 4 is 23.4 Å². The summed E-state index contributed by atoms with van der Waals surface area (Å²) in [5.74, 6) is 0. The normalized spacial score (nSPS) is 9.94. The first-order valence-corrected chi connectivity index (χ1v) is 5.69. The maximum absolute atomic E-state index is 11.6. The van der Waals surface area contributed by atoms with Crippen molar-refractivity contribution in [2.75, 3.05) is 18.6 Å². The minimum atomic E-state index is -0.374. The fraction of sp³-hybridized carbons (Fsp3) is 0.417. The zero-order chi connectivity index (χ0) is 12.0. The van der Waals surface area contributed by atoms with Crippen LogP contribution in [0.1, 0.15) is 19.8 Å². The number of para-hydroxylation sites is 1. The lowest BCUT2D eigenvalue weighted by molar-refractivity contribution is 0.153. The van der Waals surface area contributed by atoms with Gasteiger partial charge >= 0.3 is 6.09 Å². The summed E-state index contributed by atoms with van der Waals surface area (Å²) < 4.78 is 5.08. The molecule has 0 spiro atoms. The van der Waals surface area contributed by atoms with E-state index in [1.165, 1.54) is 4.90 Å². The molecule has 1 aromatic carbocycles. The number of halogens is 1. The number of ether oxygens (including phenoxy) is 1. The maximum atomic E-state index is 11.6. The number of unbranched alkanes of at least 4 members (excludes halogenated alkanes) is 1. The standard InChI is InChI=1S/C12H16ClNO2/c1-3-4-9-16-12(15)14(2)11-8-6-5-7-10(11)13/h5-8H,3-4,9H2,1-2H3. The van der Waals surface area contributed by atoms with E-state index in [-0.39, 0.29) is 6.09 Å². The van der Waals surface area contributed by atoms with E-state index in [0.29, 0.717) is 17.3 Å². The molecule has 0 radical (unpaired) electrons. The van der Waals surface area contributed by atoms with Gasteiger partial charge in [0.1, 0.15) is 0 Å². The average molecular weight is 242 g/mol. The molecule has 3 nitrogen and oxygen atoms in total. The summed E-state index contributed by atoms with van der Waals surface area (Å²) in [5, 5.41) is 0.539. The topological polar surface area (TPSA) is 29.5 Å². The van der Waals surface area contributed by atoms with E-state index >= 15 is 0 Å². The molecule has 88 valence electrons. The van der Waals surface area contributed by atoms with Crippen molar-refractivity contribution in [1.82, 2.24) is 0 Å². The Bertz CT molecular complexity index is 355. The van der Waals surface area contributed by atoms with Crippen molar-refractivity contribution < 1.29 is 9.53 Å². The van der Waals surface area contributed by atoms with Gasteiger partial charge in [0.25, 0.3) is 0 Å². The van der Waals surface area contributed by atoms with Crippen molar-refractivity contribution in [1.29, 1.82) is 0 Å². The summed E-state index contributed by atoms with van der Waals surface area (Å²) >= 11 is 5.98. The monoisotopic (exact) mass is 241 g/mol. The fourth-order valence-corrected chi connectivity index (χ4v) is 1.49. The maximum Gasteiger partial charge on any atom is 0.414 e. The molecule has 1 amide bonds. The molecule has 1 rings (SSSR count). The summed E-state index contributed by atoms with van der Waals surface area (Å²) in [6.45, 7) is 2.50. The van der Waals surface area contributed by atoms with E-state index in [2.05, 4.69) is 0 Å². The molecule has 0 saturated heterocycles. The van der Waals surface area contributed by atoms with Crippen LogP contribution in [0.2, 0.25) is 5.02 Å². The molecule has 0 aliphatic rings. The first-order valence-electron chi connectivity index (χ1n) is 5.31. The number of carbonyl (C=O) groups excluding carboxylic acids is 1. The average Bonchev–Trinajstić information content (AvgIpc) is 2.29. The number of nitrogens with zero attached hydrogens (tertiary/aromatic N) is 1. The Morgan fingerprint density at radius 3 is 2.75 bits per heavy atom. The molecule has 1 aromatic rings. The molecule has 0 fully saturated rings. The highest BCUT2D eigenvalue weighted by Crippen LogP contribution is 2.24. The Morgan fingerprint density at radius 1 is 1.44 bits per heavy atom. The molecule has 0 aliphatic carbocycles. The molecular formula is C12H16ClNO2. The van der Waals surface area contributed by atoms with Crippen LogP contribution in [0, 0.1) is 0 Å². The van der Waals surface area contributed by atoms with E-state index in [0.717, 1.165) is 12.8 Å². The quantitative estimate of drug-likeness (QED) is 0.752. The van der Waals surface area contributed by atoms with Crippen LogP contribution >= 0.6 is 11.6 Å². The molecular weight excluding hydrogens is 226 g/mol. The molecule has 4 heteroatoms. The molecule has 0 unspecified atom stereocenters. The highest BCUT2D eigenvalue weighted by Gasteiger charge is 2.14. The molecule has 0 N–H and O–H groups in total. The summed E-state index contributed by atoms with van der Waals surface area (Å²) in [4.78, 5) is 13.0. The summed E-state index contributed by atoms with van der Waals surface area (Å²) in [6, 6.07) is 7.18. The third-order valence-corrected chi connectivity index (χ3v) is 2.53. The highest BCUT2D eigenvalue weighted by molar-refractivity contribution is 6.33. The van der Waals surface area contributed by atoms with Gasteiger partial charge in [-0.3, -0.25) is 4.90 Å². The van der Waals surface area contributed by atoms with Gasteiger partial charge in [-0.05, 0) is 18.6 Å². The van der Waals surface area contributed by atoms with Gasteiger partial charge in [0.05, 0.1) is 17.3 Å². The van der Waals surface area contributed by atoms with Crippen molar-refractivity contribution in [3.05, 3.63) is 29.3 Å². The second-order valence-corrected chi connectivity index (χ2v) is 3.89. The van der Waals surface area contributed by atoms with Crippen LogP contribution in [0.15, 0.2) is 24.3 Å². The molecule has 0 saturated carbocycles. The summed E-state index contributed by atoms with van der Waals surface area (Å²) in [5.41, 5.74) is 0.658. The Hall–Kier alpha value is -1.22. The van der Waals surface area contributed by atoms with Gasteiger partial charge in [-0.15, -0.1) is 0 Å². The molecule has 0 aromatic heterocycles. The van der Waals surface area contributed by atoms with Crippen molar-refractivity contribution in [3.63, 3.8) is 0 Å². The van der Waals surface area contributed by atoms with Crippen LogP contribution in [0.5, 0.6) is 0 Å². The van der Waals surface area contributed by atoms with Crippen molar-refractivity contribution in [2.24, 2.45) is 0 Å². The van der Waals surface area contributed by atoms with E-state index in [1.807, 2.05) is 19.1 Å². The lowest BCUT2D eigenvalue weighted by atomic mass is 10.3. The predicted octanol–water partition coefficient (Wildman–Crippen LogP) is 3.71. The second-order valence-electron chi connectivity index (χ2n) is 3.48. The van der Waals surface area contributed by atoms with Crippen molar-refractivity contribution in [3.8, 4) is 0 Å². The van der Waals surface area contributed by atoms with E-state index < -0.39 is 0 Å². The van der Waals surface area contributed by atoms with Gasteiger partial charge < -0.3 is 4.74 Å². The number of amides is 1. The van der Waals surface area contributed by atoms with Crippen LogP contribution in [0.25, 0.3) is 0 Å². The number of rotatable bonds is 4. The van der Waals surface area contributed by atoms with Gasteiger partial charge in [-0.25, -0.2) is 4.79 Å². The third-order valence-electron chi connectivity index (χ3n) is 2.21. The van der Waals surface area contributed by atoms with Gasteiger partial charge in [0, 0.05) is 7.05 Å². The van der Waals surface area contributed by atoms with Gasteiger partial charge in [0.2, 0.25) is 0 Å². The Balaban J connectivity index is 2.60. The van der Waals surface area contributed by atoms with Gasteiger partial charge in [-0.2, -0.15) is 0 Å². The number of hydrogen-bond acceptors (Lipinski definition) is 2. The van der Waals surface area contributed by atoms with Crippen molar-refractivity contribution in [2.45, 2.75) is 19.8 Å². The van der Waals surface area contributed by atoms with E-state index in [4.69, 9.17) is 16.3 Å². The Kier molecular flexibility index (Phi) is 5.12. The zero-order valence-electron chi connectivity index (χ0n) is 9.57. The molecule has 0 bridgehead atoms. The number of hydrogen-bond donors (Lipinski definition) is 0. The van der Waals surface area contributed by atoms with Crippen LogP contribution in [-0.4, -0.2) is 19.7 Å². The fourth-order valence-electron chi connectivity index (χ4n) is 1.22. The van der Waals surface area contributed by atoms with Gasteiger partial charge in [-0.1, -0.05) is 37.1 Å². The van der Waals surface area contributed by atoms with Crippen LogP contribution in [-0.2, 0) is 4.74 Å². The van der Waals surface area contributed by atoms with Gasteiger partial charge in [0.15, 0.2) is 0 Å². The second kappa shape index (κ2) is 6.38. The van der Waals surface area contributed by atoms with Crippen LogP contribution < -0.4 is 4.90 Å². The minimum absolute atomic E-state index is 0.374. The SMILES string of the molecule is CCCCOC(=O)N(C)c1ccccc1Cl. The predicted molar refractivity (Wildman–Crippen MR) is 66.1 cm³/mol. The number of anilines is 1. The lowest BCUT2D eigenvalue weighted by Gasteiger charge is -2.18. The molecule has 16 heavy (non-hydrogen) atoms. The highest BCUT2D eigenvalue weighted by atomic mass is 35.5.